The predicted molar refractivity (Wildman–Crippen MR) is 90.7 cm³/mol. The molecule has 0 saturated heterocycles. The molecule has 4 nitrogen and oxygen atoms in total. The molecule has 4 aliphatic carbocycles. The Hall–Kier alpha value is -1.81. The minimum Gasteiger partial charge on any atom is -0.451 e. The predicted octanol–water partition coefficient (Wildman–Crippen LogP) is 3.41. The third-order valence-electron chi connectivity index (χ3n) is 6.59. The third kappa shape index (κ3) is 2.05. The summed E-state index contributed by atoms with van der Waals surface area (Å²) < 4.78 is 5.81. The quantitative estimate of drug-likeness (QED) is 0.889. The van der Waals surface area contributed by atoms with Gasteiger partial charge < -0.3 is 14.8 Å². The van der Waals surface area contributed by atoms with Crippen molar-refractivity contribution < 1.29 is 14.3 Å². The van der Waals surface area contributed by atoms with E-state index in [4.69, 9.17) is 4.42 Å². The number of furan rings is 1. The Kier molecular flexibility index (Phi) is 2.94. The summed E-state index contributed by atoms with van der Waals surface area (Å²) in [4.78, 5) is 12.8. The Labute approximate surface area is 141 Å². The van der Waals surface area contributed by atoms with Gasteiger partial charge in [-0.2, -0.15) is 0 Å². The molecule has 2 aromatic rings. The van der Waals surface area contributed by atoms with E-state index in [0.717, 1.165) is 48.6 Å². The van der Waals surface area contributed by atoms with Gasteiger partial charge in [-0.25, -0.2) is 0 Å². The molecule has 4 aliphatic rings. The summed E-state index contributed by atoms with van der Waals surface area (Å²) in [6, 6.07) is 7.96. The second-order valence-corrected chi connectivity index (χ2v) is 8.25. The van der Waals surface area contributed by atoms with Crippen molar-refractivity contribution in [2.75, 3.05) is 0 Å². The first-order chi connectivity index (χ1) is 11.5. The number of hydrogen-bond acceptors (Lipinski definition) is 3. The van der Waals surface area contributed by atoms with Gasteiger partial charge in [0, 0.05) is 17.0 Å². The van der Waals surface area contributed by atoms with Gasteiger partial charge in [0.1, 0.15) is 5.58 Å². The number of carbonyl (C=O) groups is 1. The van der Waals surface area contributed by atoms with Crippen LogP contribution in [0.2, 0.25) is 0 Å². The summed E-state index contributed by atoms with van der Waals surface area (Å²) >= 11 is 0. The van der Waals surface area contributed by atoms with Crippen molar-refractivity contribution in [1.29, 1.82) is 0 Å². The Morgan fingerprint density at radius 3 is 2.58 bits per heavy atom. The summed E-state index contributed by atoms with van der Waals surface area (Å²) in [5.41, 5.74) is 1.21. The lowest BCUT2D eigenvalue weighted by Gasteiger charge is -2.58. The largest absolute Gasteiger partial charge is 0.451 e. The topological polar surface area (TPSA) is 62.5 Å². The van der Waals surface area contributed by atoms with E-state index in [2.05, 4.69) is 5.32 Å². The minimum absolute atomic E-state index is 0.104. The maximum atomic E-state index is 12.8. The molecule has 1 heterocycles. The van der Waals surface area contributed by atoms with E-state index in [1.165, 1.54) is 0 Å². The van der Waals surface area contributed by atoms with E-state index in [-0.39, 0.29) is 11.9 Å². The highest BCUT2D eigenvalue weighted by molar-refractivity contribution is 5.99. The molecule has 6 rings (SSSR count). The molecule has 4 bridgehead atoms. The summed E-state index contributed by atoms with van der Waals surface area (Å²) in [6.45, 7) is 1.94. The van der Waals surface area contributed by atoms with E-state index in [0.29, 0.717) is 23.5 Å². The number of hydrogen-bond donors (Lipinski definition) is 2. The van der Waals surface area contributed by atoms with Gasteiger partial charge in [0.15, 0.2) is 5.76 Å². The first-order valence-electron chi connectivity index (χ1n) is 9.04. The molecule has 1 aromatic carbocycles. The Balaban J connectivity index is 1.41. The Bertz CT molecular complexity index is 807. The minimum atomic E-state index is -0.465. The fraction of sp³-hybridized carbons (Fsp3) is 0.550. The van der Waals surface area contributed by atoms with Crippen LogP contribution in [-0.4, -0.2) is 22.7 Å². The average Bonchev–Trinajstić information content (AvgIpc) is 2.87. The van der Waals surface area contributed by atoms with E-state index in [1.807, 2.05) is 31.2 Å². The molecule has 0 aliphatic heterocycles. The van der Waals surface area contributed by atoms with Gasteiger partial charge in [0.05, 0.1) is 5.60 Å². The number of aryl methyl sites for hydroxylation is 1. The van der Waals surface area contributed by atoms with Gasteiger partial charge in [0.2, 0.25) is 0 Å². The highest BCUT2D eigenvalue weighted by Gasteiger charge is 2.55. The monoisotopic (exact) mass is 325 g/mol. The zero-order valence-corrected chi connectivity index (χ0v) is 13.9. The molecule has 4 heteroatoms. The molecule has 4 fully saturated rings. The molecule has 0 spiro atoms. The lowest BCUT2D eigenvalue weighted by Crippen LogP contribution is -2.61. The van der Waals surface area contributed by atoms with Crippen LogP contribution in [-0.2, 0) is 0 Å². The molecule has 2 N–H and O–H groups in total. The first kappa shape index (κ1) is 14.5. The van der Waals surface area contributed by atoms with Crippen molar-refractivity contribution in [2.24, 2.45) is 17.8 Å². The van der Waals surface area contributed by atoms with Gasteiger partial charge >= 0.3 is 0 Å². The van der Waals surface area contributed by atoms with Crippen LogP contribution in [0.25, 0.3) is 11.0 Å². The highest BCUT2D eigenvalue weighted by atomic mass is 16.3. The second-order valence-electron chi connectivity index (χ2n) is 8.25. The van der Waals surface area contributed by atoms with Crippen LogP contribution in [0.15, 0.2) is 28.7 Å². The molecule has 4 saturated carbocycles. The van der Waals surface area contributed by atoms with Gasteiger partial charge in [-0.05, 0) is 62.8 Å². The van der Waals surface area contributed by atoms with Crippen molar-refractivity contribution in [3.63, 3.8) is 0 Å². The maximum absolute atomic E-state index is 12.8. The van der Waals surface area contributed by atoms with Crippen molar-refractivity contribution in [3.8, 4) is 0 Å². The van der Waals surface area contributed by atoms with E-state index >= 15 is 0 Å². The number of carbonyl (C=O) groups excluding carboxylic acids is 1. The van der Waals surface area contributed by atoms with Crippen LogP contribution in [0.5, 0.6) is 0 Å². The Morgan fingerprint density at radius 2 is 1.92 bits per heavy atom. The fourth-order valence-corrected chi connectivity index (χ4v) is 5.82. The lowest BCUT2D eigenvalue weighted by atomic mass is 9.52. The lowest BCUT2D eigenvalue weighted by molar-refractivity contribution is -0.137. The molecule has 0 radical (unpaired) electrons. The second kappa shape index (κ2) is 4.85. The summed E-state index contributed by atoms with van der Waals surface area (Å²) in [5, 5.41) is 14.9. The van der Waals surface area contributed by atoms with Crippen LogP contribution in [0.3, 0.4) is 0 Å². The summed E-state index contributed by atoms with van der Waals surface area (Å²) in [7, 11) is 0. The number of nitrogens with one attached hydrogen (secondary N) is 1. The molecule has 126 valence electrons. The van der Waals surface area contributed by atoms with Crippen LogP contribution >= 0.6 is 0 Å². The van der Waals surface area contributed by atoms with Gasteiger partial charge in [-0.3, -0.25) is 4.79 Å². The van der Waals surface area contributed by atoms with Crippen LogP contribution in [0, 0.1) is 24.7 Å². The molecule has 1 amide bonds. The SMILES string of the molecule is Cc1c(C(=O)NC2[C@@H]3CC4C[C@H]2CC(O)(C4)C3)oc2ccccc12. The molecular formula is C20H23NO3. The van der Waals surface area contributed by atoms with Crippen LogP contribution < -0.4 is 5.32 Å². The number of fused-ring (bicyclic) bond motifs is 1. The summed E-state index contributed by atoms with van der Waals surface area (Å²) in [5.74, 6) is 1.80. The fourth-order valence-electron chi connectivity index (χ4n) is 5.82. The van der Waals surface area contributed by atoms with Crippen LogP contribution in [0.1, 0.15) is 48.2 Å². The Morgan fingerprint density at radius 1 is 1.21 bits per heavy atom. The zero-order chi connectivity index (χ0) is 16.5. The van der Waals surface area contributed by atoms with Crippen molar-refractivity contribution >= 4 is 16.9 Å². The molecule has 1 aromatic heterocycles. The van der Waals surface area contributed by atoms with E-state index in [1.54, 1.807) is 0 Å². The number of aliphatic hydroxyl groups is 1. The van der Waals surface area contributed by atoms with Gasteiger partial charge in [0.25, 0.3) is 5.91 Å². The van der Waals surface area contributed by atoms with Crippen molar-refractivity contribution in [3.05, 3.63) is 35.6 Å². The smallest absolute Gasteiger partial charge is 0.287 e. The van der Waals surface area contributed by atoms with Crippen molar-refractivity contribution in [2.45, 2.75) is 50.7 Å². The van der Waals surface area contributed by atoms with Crippen molar-refractivity contribution in [1.82, 2.24) is 5.32 Å². The number of benzene rings is 1. The molecule has 5 atom stereocenters. The standard InChI is InChI=1S/C20H23NO3/c1-11-15-4-2-3-5-16(15)24-18(11)19(22)21-17-13-6-12-7-14(17)10-20(23,8-12)9-13/h2-5,12-14,17,23H,6-10H2,1H3,(H,21,22)/t12?,13-,14+,17?,20?. The normalized spacial score (nSPS) is 37.1. The maximum Gasteiger partial charge on any atom is 0.287 e. The number of para-hydroxylation sites is 1. The number of amides is 1. The van der Waals surface area contributed by atoms with E-state index < -0.39 is 5.60 Å². The molecule has 3 unspecified atom stereocenters. The van der Waals surface area contributed by atoms with Gasteiger partial charge in [-0.15, -0.1) is 0 Å². The third-order valence-corrected chi connectivity index (χ3v) is 6.59. The molecule has 24 heavy (non-hydrogen) atoms. The number of rotatable bonds is 2. The average molecular weight is 325 g/mol. The van der Waals surface area contributed by atoms with Gasteiger partial charge in [-0.1, -0.05) is 18.2 Å². The zero-order valence-electron chi connectivity index (χ0n) is 13.9. The molecular weight excluding hydrogens is 302 g/mol. The first-order valence-corrected chi connectivity index (χ1v) is 9.04. The van der Waals surface area contributed by atoms with E-state index in [9.17, 15) is 9.90 Å². The summed E-state index contributed by atoms with van der Waals surface area (Å²) in [6.07, 6.45) is 4.92. The highest BCUT2D eigenvalue weighted by Crippen LogP contribution is 2.55. The van der Waals surface area contributed by atoms with Crippen LogP contribution in [0.4, 0.5) is 0 Å².